The summed E-state index contributed by atoms with van der Waals surface area (Å²) in [5.74, 6) is -0.832. The van der Waals surface area contributed by atoms with Gasteiger partial charge in [0, 0.05) is 43.3 Å². The molecule has 9 heteroatoms. The van der Waals surface area contributed by atoms with E-state index in [0.717, 1.165) is 22.2 Å². The van der Waals surface area contributed by atoms with Crippen LogP contribution in [0.15, 0.2) is 85.2 Å². The molecule has 0 aliphatic carbocycles. The molecule has 0 N–H and O–H groups in total. The summed E-state index contributed by atoms with van der Waals surface area (Å²) in [7, 11) is 1.29. The van der Waals surface area contributed by atoms with Crippen molar-refractivity contribution >= 4 is 23.2 Å². The third kappa shape index (κ3) is 5.72. The normalized spacial score (nSPS) is 11.2. The molecule has 0 aliphatic heterocycles. The molecule has 0 unspecified atom stereocenters. The van der Waals surface area contributed by atoms with Crippen molar-refractivity contribution in [1.82, 2.24) is 9.97 Å². The Labute approximate surface area is 218 Å². The summed E-state index contributed by atoms with van der Waals surface area (Å²) < 4.78 is 41.3. The van der Waals surface area contributed by atoms with Gasteiger partial charge in [-0.2, -0.15) is 13.2 Å². The number of halogens is 3. The lowest BCUT2D eigenvalue weighted by Gasteiger charge is -2.24. The summed E-state index contributed by atoms with van der Waals surface area (Å²) in [4.78, 5) is 36.4. The van der Waals surface area contributed by atoms with Crippen molar-refractivity contribution in [2.45, 2.75) is 26.6 Å². The fraction of sp³-hybridized carbons (Fsp3) is 0.172. The van der Waals surface area contributed by atoms with Gasteiger partial charge in [0.25, 0.3) is 5.91 Å². The van der Waals surface area contributed by atoms with E-state index in [1.165, 1.54) is 38.4 Å². The van der Waals surface area contributed by atoms with Crippen molar-refractivity contribution < 1.29 is 22.8 Å². The van der Waals surface area contributed by atoms with Crippen LogP contribution in [0.1, 0.15) is 34.1 Å². The molecule has 2 aromatic carbocycles. The van der Waals surface area contributed by atoms with Crippen LogP contribution >= 0.6 is 0 Å². The Bertz CT molecular complexity index is 1460. The number of rotatable bonds is 6. The molecule has 2 heterocycles. The molecule has 2 amide bonds. The van der Waals surface area contributed by atoms with Crippen molar-refractivity contribution in [2.24, 2.45) is 0 Å². The van der Waals surface area contributed by atoms with Crippen LogP contribution in [0, 0.1) is 6.92 Å². The number of alkyl halides is 3. The molecule has 0 saturated carbocycles. The fourth-order valence-electron chi connectivity index (χ4n) is 3.97. The smallest absolute Gasteiger partial charge is 0.315 e. The maximum Gasteiger partial charge on any atom is 0.418 e. The highest BCUT2D eigenvalue weighted by Gasteiger charge is 2.35. The van der Waals surface area contributed by atoms with Gasteiger partial charge >= 0.3 is 6.18 Å². The zero-order chi connectivity index (χ0) is 27.4. The monoisotopic (exact) mass is 518 g/mol. The highest BCUT2D eigenvalue weighted by molar-refractivity contribution is 6.06. The van der Waals surface area contributed by atoms with Gasteiger partial charge in [0.15, 0.2) is 0 Å². The van der Waals surface area contributed by atoms with Crippen LogP contribution < -0.4 is 9.80 Å². The van der Waals surface area contributed by atoms with Gasteiger partial charge in [-0.05, 0) is 55.0 Å². The van der Waals surface area contributed by atoms with Gasteiger partial charge in [-0.3, -0.25) is 19.6 Å². The van der Waals surface area contributed by atoms with Crippen LogP contribution in [0.3, 0.4) is 0 Å². The van der Waals surface area contributed by atoms with E-state index in [1.807, 2.05) is 43.3 Å². The number of carbonyl (C=O) groups excluding carboxylic acids is 2. The molecule has 0 bridgehead atoms. The third-order valence-corrected chi connectivity index (χ3v) is 6.20. The van der Waals surface area contributed by atoms with Crippen LogP contribution in [0.5, 0.6) is 0 Å². The Kier molecular flexibility index (Phi) is 7.57. The molecular weight excluding hydrogens is 493 g/mol. The summed E-state index contributed by atoms with van der Waals surface area (Å²) in [6.07, 6.45) is -1.64. The van der Waals surface area contributed by atoms with E-state index in [1.54, 1.807) is 23.2 Å². The first-order chi connectivity index (χ1) is 18.1. The number of amides is 2. The molecule has 0 atom stereocenters. The number of benzene rings is 2. The van der Waals surface area contributed by atoms with Crippen molar-refractivity contribution in [1.29, 1.82) is 0 Å². The highest BCUT2D eigenvalue weighted by Crippen LogP contribution is 2.38. The van der Waals surface area contributed by atoms with Gasteiger partial charge in [-0.15, -0.1) is 0 Å². The Hall–Kier alpha value is -4.53. The second-order valence-corrected chi connectivity index (χ2v) is 8.71. The first-order valence-electron chi connectivity index (χ1n) is 11.8. The second-order valence-electron chi connectivity index (χ2n) is 8.71. The van der Waals surface area contributed by atoms with Crippen LogP contribution in [0.25, 0.3) is 11.3 Å². The maximum atomic E-state index is 13.8. The lowest BCUT2D eigenvalue weighted by atomic mass is 10.0. The maximum absolute atomic E-state index is 13.8. The number of para-hydroxylation sites is 1. The van der Waals surface area contributed by atoms with Crippen molar-refractivity contribution in [2.75, 3.05) is 16.8 Å². The van der Waals surface area contributed by atoms with E-state index in [0.29, 0.717) is 5.69 Å². The SMILES string of the molecule is CC(=O)N(C)c1ccc(-c2ccc(C(=O)N(Cc3cccnc3C)c3ccccc3)cn2)cc1C(F)(F)F. The summed E-state index contributed by atoms with van der Waals surface area (Å²) in [5, 5.41) is 0. The number of nitrogens with zero attached hydrogens (tertiary/aromatic N) is 4. The third-order valence-electron chi connectivity index (χ3n) is 6.20. The molecule has 2 aromatic heterocycles. The predicted octanol–water partition coefficient (Wildman–Crippen LogP) is 6.30. The molecule has 6 nitrogen and oxygen atoms in total. The van der Waals surface area contributed by atoms with Crippen LogP contribution in [0.4, 0.5) is 24.5 Å². The van der Waals surface area contributed by atoms with Crippen LogP contribution in [0.2, 0.25) is 0 Å². The molecular formula is C29H25F3N4O2. The number of aryl methyl sites for hydroxylation is 1. The lowest BCUT2D eigenvalue weighted by molar-refractivity contribution is -0.137. The Balaban J connectivity index is 1.67. The molecule has 0 aliphatic rings. The number of hydrogen-bond acceptors (Lipinski definition) is 4. The van der Waals surface area contributed by atoms with Gasteiger partial charge in [0.1, 0.15) is 0 Å². The molecule has 4 aromatic rings. The molecule has 38 heavy (non-hydrogen) atoms. The van der Waals surface area contributed by atoms with E-state index in [-0.39, 0.29) is 35.0 Å². The molecule has 0 saturated heterocycles. The predicted molar refractivity (Wildman–Crippen MR) is 140 cm³/mol. The van der Waals surface area contributed by atoms with Gasteiger partial charge in [-0.1, -0.05) is 30.3 Å². The average molecular weight is 519 g/mol. The number of hydrogen-bond donors (Lipinski definition) is 0. The fourth-order valence-corrected chi connectivity index (χ4v) is 3.97. The standard InChI is InChI=1S/C29H25F3N4O2/c1-19-23(8-7-15-33-19)18-36(24-9-5-4-6-10-24)28(38)22-11-13-26(34-17-22)21-12-14-27(35(3)20(2)37)25(16-21)29(30,31)32/h4-17H,18H2,1-3H3. The molecule has 4 rings (SSSR count). The van der Waals surface area contributed by atoms with Gasteiger partial charge in [0.2, 0.25) is 5.91 Å². The van der Waals surface area contributed by atoms with Crippen molar-refractivity contribution in [3.05, 3.63) is 108 Å². The number of carbonyl (C=O) groups is 2. The largest absolute Gasteiger partial charge is 0.418 e. The Morgan fingerprint density at radius 2 is 1.66 bits per heavy atom. The summed E-state index contributed by atoms with van der Waals surface area (Å²) in [6, 6.07) is 19.6. The number of pyridine rings is 2. The minimum Gasteiger partial charge on any atom is -0.315 e. The minimum absolute atomic E-state index is 0.211. The minimum atomic E-state index is -4.68. The van der Waals surface area contributed by atoms with E-state index in [2.05, 4.69) is 9.97 Å². The highest BCUT2D eigenvalue weighted by atomic mass is 19.4. The Morgan fingerprint density at radius 3 is 2.26 bits per heavy atom. The lowest BCUT2D eigenvalue weighted by Crippen LogP contribution is -2.30. The van der Waals surface area contributed by atoms with Crippen LogP contribution in [-0.2, 0) is 17.5 Å². The van der Waals surface area contributed by atoms with Gasteiger partial charge in [0.05, 0.1) is 29.1 Å². The van der Waals surface area contributed by atoms with E-state index in [9.17, 15) is 22.8 Å². The average Bonchev–Trinajstić information content (AvgIpc) is 2.91. The topological polar surface area (TPSA) is 66.4 Å². The summed E-state index contributed by atoms with van der Waals surface area (Å²) in [6.45, 7) is 3.35. The first kappa shape index (κ1) is 26.5. The van der Waals surface area contributed by atoms with E-state index >= 15 is 0 Å². The van der Waals surface area contributed by atoms with E-state index in [4.69, 9.17) is 0 Å². The second kappa shape index (κ2) is 10.8. The summed E-state index contributed by atoms with van der Waals surface area (Å²) >= 11 is 0. The molecule has 194 valence electrons. The molecule has 0 radical (unpaired) electrons. The van der Waals surface area contributed by atoms with E-state index < -0.39 is 17.6 Å². The molecule has 0 fully saturated rings. The zero-order valence-corrected chi connectivity index (χ0v) is 21.0. The number of aromatic nitrogens is 2. The Morgan fingerprint density at radius 1 is 0.921 bits per heavy atom. The van der Waals surface area contributed by atoms with Gasteiger partial charge < -0.3 is 9.80 Å². The van der Waals surface area contributed by atoms with Gasteiger partial charge in [-0.25, -0.2) is 0 Å². The first-order valence-corrected chi connectivity index (χ1v) is 11.8. The quantitative estimate of drug-likeness (QED) is 0.301. The van der Waals surface area contributed by atoms with Crippen molar-refractivity contribution in [3.63, 3.8) is 0 Å². The van der Waals surface area contributed by atoms with Crippen molar-refractivity contribution in [3.8, 4) is 11.3 Å². The summed E-state index contributed by atoms with van der Waals surface area (Å²) in [5.41, 5.74) is 1.93. The number of anilines is 2. The van der Waals surface area contributed by atoms with Crippen LogP contribution in [-0.4, -0.2) is 28.8 Å². The zero-order valence-electron chi connectivity index (χ0n) is 21.0. The molecule has 0 spiro atoms.